The van der Waals surface area contributed by atoms with Gasteiger partial charge in [0, 0.05) is 36.4 Å². The van der Waals surface area contributed by atoms with Crippen LogP contribution in [0.3, 0.4) is 0 Å². The van der Waals surface area contributed by atoms with Crippen LogP contribution in [-0.2, 0) is 14.3 Å². The van der Waals surface area contributed by atoms with E-state index in [9.17, 15) is 19.2 Å². The Labute approximate surface area is 217 Å². The first-order chi connectivity index (χ1) is 17.7. The number of hydrogen-bond acceptors (Lipinski definition) is 8. The van der Waals surface area contributed by atoms with E-state index in [-0.39, 0.29) is 31.0 Å². The number of nitrogens with zero attached hydrogens (tertiary/aromatic N) is 2. The summed E-state index contributed by atoms with van der Waals surface area (Å²) >= 11 is 1.42. The molecular weight excluding hydrogens is 502 g/mol. The minimum absolute atomic E-state index is 0.130. The van der Waals surface area contributed by atoms with Crippen LogP contribution < -0.4 is 21.1 Å². The van der Waals surface area contributed by atoms with Crippen molar-refractivity contribution in [3.05, 3.63) is 47.2 Å². The van der Waals surface area contributed by atoms with Gasteiger partial charge in [0.25, 0.3) is 11.8 Å². The summed E-state index contributed by atoms with van der Waals surface area (Å²) in [7, 11) is 1.44. The quantitative estimate of drug-likeness (QED) is 0.242. The zero-order chi connectivity index (χ0) is 27.2. The maximum Gasteiger partial charge on any atom is 0.303 e. The first-order valence-electron chi connectivity index (χ1n) is 11.5. The van der Waals surface area contributed by atoms with Crippen LogP contribution in [0, 0.1) is 0 Å². The molecule has 12 nitrogen and oxygen atoms in total. The largest absolute Gasteiger partial charge is 0.496 e. The van der Waals surface area contributed by atoms with Crippen LogP contribution in [0.1, 0.15) is 53.5 Å². The summed E-state index contributed by atoms with van der Waals surface area (Å²) in [6.45, 7) is 2.15. The van der Waals surface area contributed by atoms with E-state index in [1.54, 1.807) is 22.7 Å². The molecule has 13 heteroatoms. The number of rotatable bonds is 13. The molecule has 0 aliphatic carbocycles. The number of fused-ring (bicyclic) bond motifs is 1. The molecule has 37 heavy (non-hydrogen) atoms. The smallest absolute Gasteiger partial charge is 0.303 e. The second kappa shape index (κ2) is 15.2. The predicted octanol–water partition coefficient (Wildman–Crippen LogP) is 2.54. The van der Waals surface area contributed by atoms with Gasteiger partial charge in [0.2, 0.25) is 5.91 Å². The summed E-state index contributed by atoms with van der Waals surface area (Å²) in [5, 5.41) is 15.4. The van der Waals surface area contributed by atoms with E-state index >= 15 is 0 Å². The fourth-order valence-corrected chi connectivity index (χ4v) is 3.73. The number of benzene rings is 1. The first kappa shape index (κ1) is 29.3. The average Bonchev–Trinajstić information content (AvgIpc) is 3.47. The molecule has 0 saturated heterocycles. The van der Waals surface area contributed by atoms with E-state index in [1.165, 1.54) is 24.5 Å². The Bertz CT molecular complexity index is 1180. The molecule has 0 fully saturated rings. The summed E-state index contributed by atoms with van der Waals surface area (Å²) in [6.07, 6.45) is 6.72. The highest BCUT2D eigenvalue weighted by atomic mass is 32.1. The number of methoxy groups -OCH3 is 1. The normalized spacial score (nSPS) is 10.3. The maximum absolute atomic E-state index is 12.4. The van der Waals surface area contributed by atoms with Crippen molar-refractivity contribution < 1.29 is 33.8 Å². The average molecular weight is 534 g/mol. The molecule has 0 unspecified atom stereocenters. The fourth-order valence-electron chi connectivity index (χ4n) is 3.03. The number of carbonyl (C=O) groups excluding carboxylic acids is 3. The molecule has 0 bridgehead atoms. The highest BCUT2D eigenvalue weighted by Gasteiger charge is 2.16. The Morgan fingerprint density at radius 1 is 1.19 bits per heavy atom. The molecule has 5 N–H and O–H groups in total. The third kappa shape index (κ3) is 9.89. The van der Waals surface area contributed by atoms with Crippen LogP contribution in [0.5, 0.6) is 5.75 Å². The number of primary amides is 1. The van der Waals surface area contributed by atoms with E-state index in [0.29, 0.717) is 22.8 Å². The minimum Gasteiger partial charge on any atom is -0.496 e. The summed E-state index contributed by atoms with van der Waals surface area (Å²) in [5.41, 5.74) is 5.90. The lowest BCUT2D eigenvalue weighted by Gasteiger charge is -2.12. The number of carboxylic acid groups (broad SMARTS) is 1. The van der Waals surface area contributed by atoms with Crippen molar-refractivity contribution in [3.63, 3.8) is 0 Å². The predicted molar refractivity (Wildman–Crippen MR) is 138 cm³/mol. The molecule has 3 amide bonds. The summed E-state index contributed by atoms with van der Waals surface area (Å²) in [6, 6.07) is 4.72. The Hall–Kier alpha value is -3.97. The van der Waals surface area contributed by atoms with Crippen LogP contribution in [0.15, 0.2) is 36.0 Å². The Morgan fingerprint density at radius 3 is 2.62 bits per heavy atom. The molecule has 0 atom stereocenters. The molecule has 0 aliphatic rings. The SMILES string of the molecule is CCCCCC(=O)O.COc1ccc(NC(=O)c2cn3ccsc3n2)cc1C(=O)NCCOCC(N)=O. The number of carbonyl (C=O) groups is 4. The van der Waals surface area contributed by atoms with Crippen molar-refractivity contribution in [2.75, 3.05) is 32.2 Å². The Balaban J connectivity index is 0.000000521. The van der Waals surface area contributed by atoms with Gasteiger partial charge in [0.15, 0.2) is 4.96 Å². The number of ether oxygens (including phenoxy) is 2. The second-order valence-electron chi connectivity index (χ2n) is 7.71. The molecule has 1 aromatic carbocycles. The van der Waals surface area contributed by atoms with Gasteiger partial charge in [-0.05, 0) is 24.6 Å². The molecule has 3 aromatic rings. The van der Waals surface area contributed by atoms with Crippen LogP contribution in [-0.4, -0.2) is 65.1 Å². The van der Waals surface area contributed by atoms with Crippen LogP contribution in [0.25, 0.3) is 4.96 Å². The van der Waals surface area contributed by atoms with Gasteiger partial charge in [0.1, 0.15) is 18.1 Å². The number of amides is 3. The second-order valence-corrected chi connectivity index (χ2v) is 8.59. The number of imidazole rings is 1. The number of carboxylic acids is 1. The van der Waals surface area contributed by atoms with E-state index in [0.717, 1.165) is 19.3 Å². The van der Waals surface area contributed by atoms with Crippen LogP contribution in [0.2, 0.25) is 0 Å². The molecule has 200 valence electrons. The van der Waals surface area contributed by atoms with Gasteiger partial charge in [-0.15, -0.1) is 11.3 Å². The van der Waals surface area contributed by atoms with Crippen molar-refractivity contribution >= 4 is 45.7 Å². The van der Waals surface area contributed by atoms with Gasteiger partial charge in [0.05, 0.1) is 19.3 Å². The monoisotopic (exact) mass is 533 g/mol. The lowest BCUT2D eigenvalue weighted by Crippen LogP contribution is -2.29. The zero-order valence-electron chi connectivity index (χ0n) is 20.7. The van der Waals surface area contributed by atoms with Crippen LogP contribution in [0.4, 0.5) is 5.69 Å². The third-order valence-electron chi connectivity index (χ3n) is 4.80. The zero-order valence-corrected chi connectivity index (χ0v) is 21.5. The van der Waals surface area contributed by atoms with E-state index < -0.39 is 23.7 Å². The maximum atomic E-state index is 12.4. The van der Waals surface area contributed by atoms with Crippen LogP contribution >= 0.6 is 11.3 Å². The van der Waals surface area contributed by atoms with E-state index in [2.05, 4.69) is 22.5 Å². The molecule has 0 saturated carbocycles. The molecule has 0 spiro atoms. The summed E-state index contributed by atoms with van der Waals surface area (Å²) in [4.78, 5) is 50.3. The van der Waals surface area contributed by atoms with Gasteiger partial charge in [-0.2, -0.15) is 0 Å². The van der Waals surface area contributed by atoms with Crippen molar-refractivity contribution in [3.8, 4) is 5.75 Å². The number of nitrogens with two attached hydrogens (primary N) is 1. The number of aromatic nitrogens is 2. The summed E-state index contributed by atoms with van der Waals surface area (Å²) in [5.74, 6) is -1.72. The molecule has 2 heterocycles. The summed E-state index contributed by atoms with van der Waals surface area (Å²) < 4.78 is 12.0. The standard InChI is InChI=1S/C18H19N5O5S.C6H12O2/c1-27-14-3-2-11(8-12(14)16(25)20-4-6-28-10-15(19)24)21-17(26)13-9-23-5-7-29-18(23)22-13;1-2-3-4-5-6(7)8/h2-3,5,7-9H,4,6,10H2,1H3,(H2,19,24)(H,20,25)(H,21,26);2-5H2,1H3,(H,7,8). The first-order valence-corrected chi connectivity index (χ1v) is 12.4. The minimum atomic E-state index is -0.682. The highest BCUT2D eigenvalue weighted by molar-refractivity contribution is 7.15. The fraction of sp³-hybridized carbons (Fsp3) is 0.375. The van der Waals surface area contributed by atoms with Gasteiger partial charge in [-0.1, -0.05) is 19.8 Å². The van der Waals surface area contributed by atoms with Gasteiger partial charge in [-0.25, -0.2) is 4.98 Å². The number of thiazole rings is 1. The number of aliphatic carboxylic acids is 1. The van der Waals surface area contributed by atoms with E-state index in [4.69, 9.17) is 20.3 Å². The van der Waals surface area contributed by atoms with Crippen molar-refractivity contribution in [1.82, 2.24) is 14.7 Å². The topological polar surface area (TPSA) is 174 Å². The van der Waals surface area contributed by atoms with Gasteiger partial charge >= 0.3 is 5.97 Å². The molecule has 0 aliphatic heterocycles. The number of unbranched alkanes of at least 4 members (excludes halogenated alkanes) is 2. The molecule has 2 aromatic heterocycles. The molecular formula is C24H31N5O7S. The highest BCUT2D eigenvalue weighted by Crippen LogP contribution is 2.23. The van der Waals surface area contributed by atoms with Gasteiger partial charge < -0.3 is 30.9 Å². The Morgan fingerprint density at radius 2 is 1.97 bits per heavy atom. The van der Waals surface area contributed by atoms with Crippen molar-refractivity contribution in [1.29, 1.82) is 0 Å². The van der Waals surface area contributed by atoms with E-state index in [1.807, 2.05) is 11.6 Å². The molecule has 3 rings (SSSR count). The lowest BCUT2D eigenvalue weighted by atomic mass is 10.1. The lowest BCUT2D eigenvalue weighted by molar-refractivity contribution is -0.137. The van der Waals surface area contributed by atoms with Crippen molar-refractivity contribution in [2.24, 2.45) is 5.73 Å². The number of hydrogen-bond donors (Lipinski definition) is 4. The van der Waals surface area contributed by atoms with Gasteiger partial charge in [-0.3, -0.25) is 23.6 Å². The van der Waals surface area contributed by atoms with Crippen molar-refractivity contribution in [2.45, 2.75) is 32.6 Å². The third-order valence-corrected chi connectivity index (χ3v) is 5.57. The number of anilines is 1. The molecule has 0 radical (unpaired) electrons. The Kier molecular flexibility index (Phi) is 12.0. The number of nitrogens with one attached hydrogen (secondary N) is 2.